The average molecular weight is 330 g/mol. The summed E-state index contributed by atoms with van der Waals surface area (Å²) in [5.41, 5.74) is 0. The van der Waals surface area contributed by atoms with Crippen molar-refractivity contribution in [1.82, 2.24) is 14.9 Å². The van der Waals surface area contributed by atoms with Crippen LogP contribution >= 0.6 is 15.9 Å². The number of hydrogen-bond donors (Lipinski definition) is 2. The molecular formula is C13H24BrN5. The topological polar surface area (TPSA) is 53.1 Å². The van der Waals surface area contributed by atoms with E-state index in [0.29, 0.717) is 6.04 Å². The highest BCUT2D eigenvalue weighted by Gasteiger charge is 2.06. The number of rotatable bonds is 8. The molecule has 1 aromatic heterocycles. The largest absolute Gasteiger partial charge is 0.372 e. The van der Waals surface area contributed by atoms with E-state index in [-0.39, 0.29) is 0 Å². The summed E-state index contributed by atoms with van der Waals surface area (Å²) in [5.74, 6) is 1.65. The maximum absolute atomic E-state index is 4.23. The number of halogens is 1. The third-order valence-electron chi connectivity index (χ3n) is 3.14. The van der Waals surface area contributed by atoms with Crippen molar-refractivity contribution in [2.24, 2.45) is 0 Å². The zero-order valence-corrected chi connectivity index (χ0v) is 13.8. The van der Waals surface area contributed by atoms with Crippen molar-refractivity contribution in [2.45, 2.75) is 32.7 Å². The molecule has 2 N–H and O–H groups in total. The van der Waals surface area contributed by atoms with Gasteiger partial charge in [-0.25, -0.2) is 9.97 Å². The standard InChI is InChI=1S/C13H24BrN5/c1-10(2)19(4)8-6-5-7-16-13-11(14)12(15-3)17-9-18-13/h9-10H,5-8H2,1-4H3,(H2,15,16,17,18). The fourth-order valence-corrected chi connectivity index (χ4v) is 2.16. The van der Waals surface area contributed by atoms with E-state index in [0.717, 1.165) is 35.6 Å². The maximum Gasteiger partial charge on any atom is 0.145 e. The number of nitrogens with zero attached hydrogens (tertiary/aromatic N) is 3. The van der Waals surface area contributed by atoms with Crippen LogP contribution in [0.15, 0.2) is 10.8 Å². The van der Waals surface area contributed by atoms with Crippen LogP contribution in [0.3, 0.4) is 0 Å². The van der Waals surface area contributed by atoms with Crippen LogP contribution in [0, 0.1) is 0 Å². The summed E-state index contributed by atoms with van der Waals surface area (Å²) in [6.45, 7) is 6.49. The Labute approximate surface area is 124 Å². The Bertz CT molecular complexity index is 383. The lowest BCUT2D eigenvalue weighted by atomic mass is 10.2. The van der Waals surface area contributed by atoms with Gasteiger partial charge in [0.05, 0.1) is 0 Å². The van der Waals surface area contributed by atoms with Gasteiger partial charge in [0.2, 0.25) is 0 Å². The van der Waals surface area contributed by atoms with Gasteiger partial charge in [-0.2, -0.15) is 0 Å². The van der Waals surface area contributed by atoms with Crippen molar-refractivity contribution >= 4 is 27.6 Å². The lowest BCUT2D eigenvalue weighted by molar-refractivity contribution is 0.269. The lowest BCUT2D eigenvalue weighted by Gasteiger charge is -2.20. The first-order valence-electron chi connectivity index (χ1n) is 6.68. The Morgan fingerprint density at radius 3 is 2.58 bits per heavy atom. The first kappa shape index (κ1) is 16.2. The molecule has 0 atom stereocenters. The second-order valence-electron chi connectivity index (χ2n) is 4.84. The van der Waals surface area contributed by atoms with Crippen molar-refractivity contribution in [3.05, 3.63) is 10.8 Å². The summed E-state index contributed by atoms with van der Waals surface area (Å²) in [4.78, 5) is 10.7. The van der Waals surface area contributed by atoms with Gasteiger partial charge in [0.25, 0.3) is 0 Å². The zero-order chi connectivity index (χ0) is 14.3. The number of anilines is 2. The molecule has 5 nitrogen and oxygen atoms in total. The molecule has 0 aromatic carbocycles. The van der Waals surface area contributed by atoms with Crippen molar-refractivity contribution < 1.29 is 0 Å². The molecule has 0 aliphatic heterocycles. The Kier molecular flexibility index (Phi) is 7.09. The average Bonchev–Trinajstić information content (AvgIpc) is 2.39. The van der Waals surface area contributed by atoms with Gasteiger partial charge < -0.3 is 15.5 Å². The van der Waals surface area contributed by atoms with Gasteiger partial charge in [0.15, 0.2) is 0 Å². The van der Waals surface area contributed by atoms with E-state index in [1.807, 2.05) is 7.05 Å². The minimum absolute atomic E-state index is 0.613. The maximum atomic E-state index is 4.23. The fourth-order valence-electron chi connectivity index (χ4n) is 1.62. The predicted molar refractivity (Wildman–Crippen MR) is 84.8 cm³/mol. The van der Waals surface area contributed by atoms with E-state index in [9.17, 15) is 0 Å². The molecule has 0 saturated heterocycles. The molecule has 0 aliphatic carbocycles. The minimum Gasteiger partial charge on any atom is -0.372 e. The summed E-state index contributed by atoms with van der Waals surface area (Å²) in [6.07, 6.45) is 3.87. The molecule has 0 radical (unpaired) electrons. The highest BCUT2D eigenvalue weighted by Crippen LogP contribution is 2.25. The fraction of sp³-hybridized carbons (Fsp3) is 0.692. The zero-order valence-electron chi connectivity index (χ0n) is 12.2. The van der Waals surface area contributed by atoms with Crippen molar-refractivity contribution in [3.63, 3.8) is 0 Å². The third-order valence-corrected chi connectivity index (χ3v) is 3.89. The highest BCUT2D eigenvalue weighted by atomic mass is 79.9. The van der Waals surface area contributed by atoms with Gasteiger partial charge in [-0.15, -0.1) is 0 Å². The molecule has 108 valence electrons. The quantitative estimate of drug-likeness (QED) is 0.718. The first-order valence-corrected chi connectivity index (χ1v) is 7.48. The Morgan fingerprint density at radius 2 is 1.95 bits per heavy atom. The molecule has 0 saturated carbocycles. The minimum atomic E-state index is 0.613. The van der Waals surface area contributed by atoms with Crippen LogP contribution in [0.4, 0.5) is 11.6 Å². The van der Waals surface area contributed by atoms with Crippen LogP contribution in [0.25, 0.3) is 0 Å². The van der Waals surface area contributed by atoms with E-state index in [1.54, 1.807) is 6.33 Å². The van der Waals surface area contributed by atoms with Gasteiger partial charge >= 0.3 is 0 Å². The van der Waals surface area contributed by atoms with Crippen LogP contribution in [0.1, 0.15) is 26.7 Å². The van der Waals surface area contributed by atoms with Crippen LogP contribution < -0.4 is 10.6 Å². The molecule has 0 bridgehead atoms. The summed E-state index contributed by atoms with van der Waals surface area (Å²) in [6, 6.07) is 0.613. The molecule has 0 unspecified atom stereocenters. The number of aromatic nitrogens is 2. The van der Waals surface area contributed by atoms with Gasteiger partial charge in [-0.05, 0) is 56.2 Å². The van der Waals surface area contributed by atoms with Crippen molar-refractivity contribution in [3.8, 4) is 0 Å². The van der Waals surface area contributed by atoms with Crippen LogP contribution in [0.2, 0.25) is 0 Å². The van der Waals surface area contributed by atoms with Gasteiger partial charge in [0.1, 0.15) is 22.4 Å². The molecule has 0 spiro atoms. The number of nitrogens with one attached hydrogen (secondary N) is 2. The highest BCUT2D eigenvalue weighted by molar-refractivity contribution is 9.10. The van der Waals surface area contributed by atoms with Crippen LogP contribution in [-0.4, -0.2) is 48.1 Å². The Morgan fingerprint density at radius 1 is 1.26 bits per heavy atom. The molecule has 1 heterocycles. The van der Waals surface area contributed by atoms with Gasteiger partial charge in [0, 0.05) is 19.6 Å². The number of unbranched alkanes of at least 4 members (excludes halogenated alkanes) is 1. The Balaban J connectivity index is 2.30. The van der Waals surface area contributed by atoms with Crippen LogP contribution in [0.5, 0.6) is 0 Å². The molecule has 0 fully saturated rings. The summed E-state index contributed by atoms with van der Waals surface area (Å²) in [5, 5.41) is 6.35. The summed E-state index contributed by atoms with van der Waals surface area (Å²) < 4.78 is 0.886. The molecular weight excluding hydrogens is 306 g/mol. The summed E-state index contributed by atoms with van der Waals surface area (Å²) in [7, 11) is 4.01. The predicted octanol–water partition coefficient (Wildman–Crippen LogP) is 2.81. The van der Waals surface area contributed by atoms with Gasteiger partial charge in [-0.1, -0.05) is 0 Å². The molecule has 19 heavy (non-hydrogen) atoms. The molecule has 1 rings (SSSR count). The molecule has 1 aromatic rings. The second-order valence-corrected chi connectivity index (χ2v) is 5.64. The second kappa shape index (κ2) is 8.32. The van der Waals surface area contributed by atoms with E-state index >= 15 is 0 Å². The number of hydrogen-bond acceptors (Lipinski definition) is 5. The van der Waals surface area contributed by atoms with Crippen molar-refractivity contribution in [1.29, 1.82) is 0 Å². The first-order chi connectivity index (χ1) is 9.06. The van der Waals surface area contributed by atoms with Crippen molar-refractivity contribution in [2.75, 3.05) is 37.8 Å². The SMILES string of the molecule is CNc1ncnc(NCCCCN(C)C(C)C)c1Br. The third kappa shape index (κ3) is 5.32. The van der Waals surface area contributed by atoms with Gasteiger partial charge in [-0.3, -0.25) is 0 Å². The smallest absolute Gasteiger partial charge is 0.145 e. The van der Waals surface area contributed by atoms with E-state index in [4.69, 9.17) is 0 Å². The van der Waals surface area contributed by atoms with E-state index < -0.39 is 0 Å². The lowest BCUT2D eigenvalue weighted by Crippen LogP contribution is -2.27. The molecule has 0 aliphatic rings. The van der Waals surface area contributed by atoms with Crippen LogP contribution in [-0.2, 0) is 0 Å². The molecule has 0 amide bonds. The normalized spacial score (nSPS) is 11.1. The monoisotopic (exact) mass is 329 g/mol. The summed E-state index contributed by atoms with van der Waals surface area (Å²) >= 11 is 3.49. The van der Waals surface area contributed by atoms with E-state index in [1.165, 1.54) is 6.42 Å². The molecule has 6 heteroatoms. The Hall–Kier alpha value is -0.880. The van der Waals surface area contributed by atoms with E-state index in [2.05, 4.69) is 62.3 Å².